The van der Waals surface area contributed by atoms with E-state index in [-0.39, 0.29) is 12.2 Å². The Hall–Kier alpha value is -1.44. The third kappa shape index (κ3) is 5.91. The van der Waals surface area contributed by atoms with Gasteiger partial charge in [0.15, 0.2) is 0 Å². The molecule has 0 aromatic heterocycles. The van der Waals surface area contributed by atoms with Gasteiger partial charge in [-0.15, -0.1) is 0 Å². The van der Waals surface area contributed by atoms with Crippen molar-refractivity contribution in [3.05, 3.63) is 24.3 Å². The average Bonchev–Trinajstić information content (AvgIpc) is 3.35. The lowest BCUT2D eigenvalue weighted by Crippen LogP contribution is -2.37. The largest absolute Gasteiger partial charge is 0.497 e. The second-order valence-electron chi connectivity index (χ2n) is 9.81. The van der Waals surface area contributed by atoms with Crippen LogP contribution in [0.15, 0.2) is 29.2 Å². The van der Waals surface area contributed by atoms with E-state index in [9.17, 15) is 4.79 Å². The van der Waals surface area contributed by atoms with Gasteiger partial charge < -0.3 is 19.5 Å². The Morgan fingerprint density at radius 3 is 2.84 bits per heavy atom. The molecule has 3 fully saturated rings. The van der Waals surface area contributed by atoms with Gasteiger partial charge in [-0.05, 0) is 79.7 Å². The predicted octanol–water partition coefficient (Wildman–Crippen LogP) is 4.98. The Balaban J connectivity index is 1.19. The number of hydrogen-bond acceptors (Lipinski definition) is 6. The maximum Gasteiger partial charge on any atom is 0.407 e. The molecule has 178 valence electrons. The molecule has 1 aromatic rings. The smallest absolute Gasteiger partial charge is 0.407 e. The lowest BCUT2D eigenvalue weighted by Gasteiger charge is -2.32. The summed E-state index contributed by atoms with van der Waals surface area (Å²) in [7, 11) is 1.68. The summed E-state index contributed by atoms with van der Waals surface area (Å²) in [6.07, 6.45) is 5.63. The maximum absolute atomic E-state index is 12.5. The molecule has 1 heterocycles. The van der Waals surface area contributed by atoms with Crippen molar-refractivity contribution in [2.24, 2.45) is 23.7 Å². The van der Waals surface area contributed by atoms with Crippen molar-refractivity contribution in [1.82, 2.24) is 9.62 Å². The van der Waals surface area contributed by atoms with Crippen LogP contribution in [0.4, 0.5) is 4.79 Å². The third-order valence-electron chi connectivity index (χ3n) is 7.01. The minimum absolute atomic E-state index is 0.0692. The van der Waals surface area contributed by atoms with E-state index in [1.54, 1.807) is 19.1 Å². The quantitative estimate of drug-likeness (QED) is 0.391. The Kier molecular flexibility index (Phi) is 8.24. The zero-order chi connectivity index (χ0) is 22.5. The van der Waals surface area contributed by atoms with E-state index in [1.165, 1.54) is 24.2 Å². The highest BCUT2D eigenvalue weighted by molar-refractivity contribution is 7.97. The number of nitrogens with zero attached hydrogens (tertiary/aromatic N) is 1. The van der Waals surface area contributed by atoms with Crippen LogP contribution < -0.4 is 10.1 Å². The van der Waals surface area contributed by atoms with Gasteiger partial charge in [0, 0.05) is 30.4 Å². The number of rotatable bonds is 10. The van der Waals surface area contributed by atoms with Crippen LogP contribution in [0.5, 0.6) is 5.75 Å². The van der Waals surface area contributed by atoms with Gasteiger partial charge in [0.25, 0.3) is 0 Å². The number of methoxy groups -OCH3 is 1. The summed E-state index contributed by atoms with van der Waals surface area (Å²) in [5.41, 5.74) is 0. The molecule has 0 bridgehead atoms. The van der Waals surface area contributed by atoms with E-state index in [4.69, 9.17) is 14.2 Å². The molecule has 5 atom stereocenters. The SMILES string of the molecule is COc1ccc(SN(CCCNC(=O)OC2C[C@H]3COC4CCCC2C43)CC(C)C)cc1. The molecule has 3 aliphatic rings. The summed E-state index contributed by atoms with van der Waals surface area (Å²) in [6, 6.07) is 8.16. The molecule has 2 aliphatic carbocycles. The van der Waals surface area contributed by atoms with Crippen LogP contribution in [0.3, 0.4) is 0 Å². The monoisotopic (exact) mass is 462 g/mol. The highest BCUT2D eigenvalue weighted by Gasteiger charge is 2.53. The maximum atomic E-state index is 12.5. The first-order valence-electron chi connectivity index (χ1n) is 12.2. The topological polar surface area (TPSA) is 60.0 Å². The molecule has 2 saturated carbocycles. The third-order valence-corrected chi connectivity index (χ3v) is 8.08. The summed E-state index contributed by atoms with van der Waals surface area (Å²) in [5, 5.41) is 2.99. The van der Waals surface area contributed by atoms with E-state index < -0.39 is 0 Å². The van der Waals surface area contributed by atoms with Crippen LogP contribution in [0.25, 0.3) is 0 Å². The fourth-order valence-corrected chi connectivity index (χ4v) is 6.83. The number of nitrogens with one attached hydrogen (secondary N) is 1. The van der Waals surface area contributed by atoms with Gasteiger partial charge in [0.2, 0.25) is 0 Å². The molecule has 1 amide bonds. The Morgan fingerprint density at radius 2 is 2.09 bits per heavy atom. The van der Waals surface area contributed by atoms with Crippen molar-refractivity contribution >= 4 is 18.0 Å². The van der Waals surface area contributed by atoms with Crippen molar-refractivity contribution in [3.8, 4) is 5.75 Å². The van der Waals surface area contributed by atoms with Crippen LogP contribution in [0, 0.1) is 23.7 Å². The van der Waals surface area contributed by atoms with Crippen LogP contribution >= 0.6 is 11.9 Å². The van der Waals surface area contributed by atoms with Gasteiger partial charge in [-0.3, -0.25) is 0 Å². The summed E-state index contributed by atoms with van der Waals surface area (Å²) in [4.78, 5) is 13.7. The van der Waals surface area contributed by atoms with E-state index >= 15 is 0 Å². The summed E-state index contributed by atoms with van der Waals surface area (Å²) in [6.45, 7) is 7.85. The molecule has 4 rings (SSSR count). The highest BCUT2D eigenvalue weighted by Crippen LogP contribution is 2.51. The lowest BCUT2D eigenvalue weighted by atomic mass is 9.77. The van der Waals surface area contributed by atoms with Crippen molar-refractivity contribution < 1.29 is 19.0 Å². The molecule has 7 heteroatoms. The number of hydrogen-bond donors (Lipinski definition) is 1. The normalized spacial score (nSPS) is 28.7. The zero-order valence-corrected chi connectivity index (χ0v) is 20.4. The van der Waals surface area contributed by atoms with Crippen molar-refractivity contribution in [1.29, 1.82) is 0 Å². The fourth-order valence-electron chi connectivity index (χ4n) is 5.68. The molecular weight excluding hydrogens is 424 g/mol. The predicted molar refractivity (Wildman–Crippen MR) is 127 cm³/mol. The van der Waals surface area contributed by atoms with Crippen LogP contribution in [0.2, 0.25) is 0 Å². The molecule has 1 N–H and O–H groups in total. The number of alkyl carbamates (subject to hydrolysis) is 1. The molecule has 0 spiro atoms. The van der Waals surface area contributed by atoms with Gasteiger partial charge in [0.05, 0.1) is 19.8 Å². The average molecular weight is 463 g/mol. The second-order valence-corrected chi connectivity index (χ2v) is 11.0. The first-order valence-corrected chi connectivity index (χ1v) is 12.9. The number of benzene rings is 1. The van der Waals surface area contributed by atoms with Crippen LogP contribution in [0.1, 0.15) is 46.0 Å². The molecule has 1 saturated heterocycles. The standard InChI is InChI=1S/C25H38N2O4S/c1-17(2)15-27(32-20-10-8-19(29-3)9-11-20)13-5-12-26-25(28)31-23-14-18-16-30-22-7-4-6-21(23)24(18)22/h8-11,17-18,21-24H,4-7,12-16H2,1-3H3,(H,26,28)/t18-,21?,22?,23?,24?/m0/s1. The van der Waals surface area contributed by atoms with Gasteiger partial charge in [-0.25, -0.2) is 9.10 Å². The van der Waals surface area contributed by atoms with Crippen molar-refractivity contribution in [2.45, 2.75) is 63.1 Å². The molecule has 4 unspecified atom stereocenters. The zero-order valence-electron chi connectivity index (χ0n) is 19.6. The van der Waals surface area contributed by atoms with Crippen LogP contribution in [-0.4, -0.2) is 56.0 Å². The lowest BCUT2D eigenvalue weighted by molar-refractivity contribution is -0.00174. The number of carbonyl (C=O) groups is 1. The van der Waals surface area contributed by atoms with E-state index in [2.05, 4.69) is 35.6 Å². The minimum atomic E-state index is -0.253. The Bertz CT molecular complexity index is 742. The highest BCUT2D eigenvalue weighted by atomic mass is 32.2. The Labute approximate surface area is 196 Å². The second kappa shape index (κ2) is 11.1. The molecule has 32 heavy (non-hydrogen) atoms. The van der Waals surface area contributed by atoms with E-state index in [0.717, 1.165) is 38.3 Å². The van der Waals surface area contributed by atoms with Gasteiger partial charge in [-0.1, -0.05) is 20.3 Å². The molecule has 0 radical (unpaired) electrons. The van der Waals surface area contributed by atoms with Gasteiger partial charge in [0.1, 0.15) is 11.9 Å². The Morgan fingerprint density at radius 1 is 1.28 bits per heavy atom. The van der Waals surface area contributed by atoms with Crippen molar-refractivity contribution in [3.63, 3.8) is 0 Å². The number of amides is 1. The number of carbonyl (C=O) groups excluding carboxylic acids is 1. The van der Waals surface area contributed by atoms with E-state index in [1.807, 2.05) is 12.1 Å². The minimum Gasteiger partial charge on any atom is -0.497 e. The molecule has 1 aromatic carbocycles. The first kappa shape index (κ1) is 23.7. The van der Waals surface area contributed by atoms with E-state index in [0.29, 0.717) is 36.3 Å². The summed E-state index contributed by atoms with van der Waals surface area (Å²) < 4.78 is 19.5. The van der Waals surface area contributed by atoms with Gasteiger partial charge in [-0.2, -0.15) is 0 Å². The summed E-state index contributed by atoms with van der Waals surface area (Å²) >= 11 is 1.76. The molecule has 6 nitrogen and oxygen atoms in total. The van der Waals surface area contributed by atoms with Crippen LogP contribution in [-0.2, 0) is 9.47 Å². The fraction of sp³-hybridized carbons (Fsp3) is 0.720. The number of ether oxygens (including phenoxy) is 3. The van der Waals surface area contributed by atoms with Crippen molar-refractivity contribution in [2.75, 3.05) is 33.4 Å². The summed E-state index contributed by atoms with van der Waals surface area (Å²) in [5.74, 6) is 3.14. The molecule has 1 aliphatic heterocycles. The first-order chi connectivity index (χ1) is 15.5. The van der Waals surface area contributed by atoms with Gasteiger partial charge >= 0.3 is 6.09 Å². The molecular formula is C25H38N2O4S.